The summed E-state index contributed by atoms with van der Waals surface area (Å²) in [5.41, 5.74) is 1.02. The molecule has 0 aliphatic carbocycles. The summed E-state index contributed by atoms with van der Waals surface area (Å²) >= 11 is 0. The number of amides is 2. The summed E-state index contributed by atoms with van der Waals surface area (Å²) in [7, 11) is 5.04. The second kappa shape index (κ2) is 7.97. The Labute approximate surface area is 137 Å². The van der Waals surface area contributed by atoms with E-state index < -0.39 is 0 Å². The monoisotopic (exact) mass is 319 g/mol. The van der Waals surface area contributed by atoms with Gasteiger partial charge >= 0.3 is 0 Å². The molecule has 0 bridgehead atoms. The van der Waals surface area contributed by atoms with E-state index in [4.69, 9.17) is 4.74 Å². The molecule has 126 valence electrons. The maximum Gasteiger partial charge on any atom is 0.237 e. The molecule has 1 aromatic carbocycles. The van der Waals surface area contributed by atoms with Gasteiger partial charge in [0, 0.05) is 20.6 Å². The summed E-state index contributed by atoms with van der Waals surface area (Å²) in [5, 5.41) is 2.67. The highest BCUT2D eigenvalue weighted by Crippen LogP contribution is 2.18. The van der Waals surface area contributed by atoms with Gasteiger partial charge in [0.15, 0.2) is 0 Å². The van der Waals surface area contributed by atoms with Crippen LogP contribution in [0.1, 0.15) is 18.4 Å². The number of benzene rings is 1. The van der Waals surface area contributed by atoms with E-state index in [1.54, 1.807) is 26.1 Å². The summed E-state index contributed by atoms with van der Waals surface area (Å²) in [6.45, 7) is 1.59. The van der Waals surface area contributed by atoms with Crippen LogP contribution in [0, 0.1) is 0 Å². The molecule has 1 atom stereocenters. The number of carbonyl (C=O) groups is 2. The lowest BCUT2D eigenvalue weighted by atomic mass is 10.2. The molecule has 1 fully saturated rings. The first-order valence-electron chi connectivity index (χ1n) is 7.87. The minimum atomic E-state index is -0.186. The Morgan fingerprint density at radius 1 is 1.43 bits per heavy atom. The zero-order valence-corrected chi connectivity index (χ0v) is 14.0. The lowest BCUT2D eigenvalue weighted by molar-refractivity contribution is -0.133. The van der Waals surface area contributed by atoms with Gasteiger partial charge in [-0.1, -0.05) is 12.1 Å². The van der Waals surface area contributed by atoms with Crippen molar-refractivity contribution in [2.45, 2.75) is 25.4 Å². The molecule has 0 radical (unpaired) electrons. The Balaban J connectivity index is 1.93. The molecule has 0 spiro atoms. The fourth-order valence-electron chi connectivity index (χ4n) is 2.91. The summed E-state index contributed by atoms with van der Waals surface area (Å²) < 4.78 is 5.20. The van der Waals surface area contributed by atoms with E-state index in [2.05, 4.69) is 5.32 Å². The highest BCUT2D eigenvalue weighted by molar-refractivity contribution is 5.83. The molecule has 1 aliphatic heterocycles. The molecule has 6 heteroatoms. The van der Waals surface area contributed by atoms with Crippen molar-refractivity contribution in [2.75, 3.05) is 34.3 Å². The van der Waals surface area contributed by atoms with Crippen molar-refractivity contribution < 1.29 is 14.3 Å². The van der Waals surface area contributed by atoms with Crippen LogP contribution in [-0.4, -0.2) is 62.0 Å². The third-order valence-electron chi connectivity index (χ3n) is 4.23. The molecule has 1 saturated heterocycles. The Kier molecular flexibility index (Phi) is 5.98. The molecule has 1 unspecified atom stereocenters. The minimum Gasteiger partial charge on any atom is -0.497 e. The number of rotatable bonds is 6. The SMILES string of the molecule is CNC(=O)C1CCCN1CC(=O)N(C)Cc1cccc(OC)c1. The molecule has 23 heavy (non-hydrogen) atoms. The largest absolute Gasteiger partial charge is 0.497 e. The van der Waals surface area contributed by atoms with E-state index in [9.17, 15) is 9.59 Å². The number of hydrogen-bond donors (Lipinski definition) is 1. The van der Waals surface area contributed by atoms with Crippen LogP contribution in [0.4, 0.5) is 0 Å². The number of likely N-dealkylation sites (N-methyl/N-ethyl adjacent to an activating group) is 2. The van der Waals surface area contributed by atoms with Gasteiger partial charge in [-0.05, 0) is 37.1 Å². The molecule has 0 saturated carbocycles. The van der Waals surface area contributed by atoms with Crippen LogP contribution in [0.5, 0.6) is 5.75 Å². The molecule has 0 aromatic heterocycles. The molecular weight excluding hydrogens is 294 g/mol. The van der Waals surface area contributed by atoms with Crippen LogP contribution < -0.4 is 10.1 Å². The number of hydrogen-bond acceptors (Lipinski definition) is 4. The van der Waals surface area contributed by atoms with Gasteiger partial charge in [0.05, 0.1) is 19.7 Å². The average molecular weight is 319 g/mol. The second-order valence-corrected chi connectivity index (χ2v) is 5.84. The number of ether oxygens (including phenoxy) is 1. The van der Waals surface area contributed by atoms with E-state index in [1.165, 1.54) is 0 Å². The molecule has 2 rings (SSSR count). The lowest BCUT2D eigenvalue weighted by Gasteiger charge is -2.25. The van der Waals surface area contributed by atoms with Gasteiger partial charge in [-0.3, -0.25) is 14.5 Å². The second-order valence-electron chi connectivity index (χ2n) is 5.84. The standard InChI is InChI=1S/C17H25N3O3/c1-18-17(22)15-8-5-9-20(15)12-16(21)19(2)11-13-6-4-7-14(10-13)23-3/h4,6-7,10,15H,5,8-9,11-12H2,1-3H3,(H,18,22). The highest BCUT2D eigenvalue weighted by atomic mass is 16.5. The van der Waals surface area contributed by atoms with Crippen molar-refractivity contribution in [1.29, 1.82) is 0 Å². The number of carbonyl (C=O) groups excluding carboxylic acids is 2. The van der Waals surface area contributed by atoms with Crippen LogP contribution in [0.3, 0.4) is 0 Å². The predicted octanol–water partition coefficient (Wildman–Crippen LogP) is 0.864. The minimum absolute atomic E-state index is 0.00857. The first-order valence-corrected chi connectivity index (χ1v) is 7.87. The van der Waals surface area contributed by atoms with Crippen molar-refractivity contribution >= 4 is 11.8 Å². The zero-order chi connectivity index (χ0) is 16.8. The number of methoxy groups -OCH3 is 1. The predicted molar refractivity (Wildman–Crippen MR) is 88.1 cm³/mol. The van der Waals surface area contributed by atoms with Crippen molar-refractivity contribution in [3.63, 3.8) is 0 Å². The summed E-state index contributed by atoms with van der Waals surface area (Å²) in [5.74, 6) is 0.789. The number of likely N-dealkylation sites (tertiary alicyclic amines) is 1. The van der Waals surface area contributed by atoms with Gasteiger partial charge in [-0.2, -0.15) is 0 Å². The maximum atomic E-state index is 12.4. The number of nitrogens with zero attached hydrogens (tertiary/aromatic N) is 2. The smallest absolute Gasteiger partial charge is 0.237 e. The Morgan fingerprint density at radius 2 is 2.22 bits per heavy atom. The Hall–Kier alpha value is -2.08. The van der Waals surface area contributed by atoms with Gasteiger partial charge in [-0.15, -0.1) is 0 Å². The van der Waals surface area contributed by atoms with Crippen molar-refractivity contribution in [2.24, 2.45) is 0 Å². The lowest BCUT2D eigenvalue weighted by Crippen LogP contribution is -2.46. The van der Waals surface area contributed by atoms with Crippen molar-refractivity contribution in [3.05, 3.63) is 29.8 Å². The summed E-state index contributed by atoms with van der Waals surface area (Å²) in [6, 6.07) is 7.50. The fourth-order valence-corrected chi connectivity index (χ4v) is 2.91. The molecule has 1 aliphatic rings. The van der Waals surface area contributed by atoms with E-state index in [0.29, 0.717) is 6.54 Å². The summed E-state index contributed by atoms with van der Waals surface area (Å²) in [4.78, 5) is 27.9. The quantitative estimate of drug-likeness (QED) is 0.845. The van der Waals surface area contributed by atoms with E-state index in [-0.39, 0.29) is 24.4 Å². The van der Waals surface area contributed by atoms with Gasteiger partial charge in [0.2, 0.25) is 11.8 Å². The Bertz CT molecular complexity index is 562. The highest BCUT2D eigenvalue weighted by Gasteiger charge is 2.31. The van der Waals surface area contributed by atoms with Gasteiger partial charge < -0.3 is 15.0 Å². The zero-order valence-electron chi connectivity index (χ0n) is 14.0. The van der Waals surface area contributed by atoms with Crippen LogP contribution >= 0.6 is 0 Å². The van der Waals surface area contributed by atoms with Gasteiger partial charge in [0.25, 0.3) is 0 Å². The normalized spacial score (nSPS) is 17.8. The summed E-state index contributed by atoms with van der Waals surface area (Å²) in [6.07, 6.45) is 1.76. The first kappa shape index (κ1) is 17.3. The van der Waals surface area contributed by atoms with Gasteiger partial charge in [0.1, 0.15) is 5.75 Å². The molecule has 1 aromatic rings. The van der Waals surface area contributed by atoms with E-state index in [1.807, 2.05) is 29.2 Å². The van der Waals surface area contributed by atoms with Crippen molar-refractivity contribution in [3.8, 4) is 5.75 Å². The van der Waals surface area contributed by atoms with Crippen LogP contribution in [0.25, 0.3) is 0 Å². The molecular formula is C17H25N3O3. The van der Waals surface area contributed by atoms with Crippen LogP contribution in [-0.2, 0) is 16.1 Å². The third kappa shape index (κ3) is 4.45. The fraction of sp³-hybridized carbons (Fsp3) is 0.529. The van der Waals surface area contributed by atoms with E-state index in [0.717, 1.165) is 30.7 Å². The third-order valence-corrected chi connectivity index (χ3v) is 4.23. The van der Waals surface area contributed by atoms with Crippen LogP contribution in [0.15, 0.2) is 24.3 Å². The molecule has 1 N–H and O–H groups in total. The molecule has 2 amide bonds. The van der Waals surface area contributed by atoms with E-state index >= 15 is 0 Å². The molecule has 6 nitrogen and oxygen atoms in total. The Morgan fingerprint density at radius 3 is 2.91 bits per heavy atom. The van der Waals surface area contributed by atoms with Crippen molar-refractivity contribution in [1.82, 2.24) is 15.1 Å². The first-order chi connectivity index (χ1) is 11.0. The maximum absolute atomic E-state index is 12.4. The number of nitrogens with one attached hydrogen (secondary N) is 1. The average Bonchev–Trinajstić information content (AvgIpc) is 3.02. The topological polar surface area (TPSA) is 61.9 Å². The molecule has 1 heterocycles. The van der Waals surface area contributed by atoms with Gasteiger partial charge in [-0.25, -0.2) is 0 Å². The van der Waals surface area contributed by atoms with Crippen LogP contribution in [0.2, 0.25) is 0 Å².